The number of carbonyl (C=O) groups excluding carboxylic acids is 2. The van der Waals surface area contributed by atoms with E-state index in [1.54, 1.807) is 6.92 Å². The van der Waals surface area contributed by atoms with Crippen LogP contribution in [0.2, 0.25) is 0 Å². The van der Waals surface area contributed by atoms with Crippen LogP contribution in [0.4, 0.5) is 0 Å². The molecule has 3 rings (SSSR count). The number of nitrogens with one attached hydrogen (secondary N) is 1. The van der Waals surface area contributed by atoms with Gasteiger partial charge in [-0.2, -0.15) is 0 Å². The number of ketones is 1. The molecule has 0 radical (unpaired) electrons. The molecule has 2 aliphatic heterocycles. The van der Waals surface area contributed by atoms with Crippen LogP contribution in [-0.2, 0) is 9.47 Å². The highest BCUT2D eigenvalue weighted by Crippen LogP contribution is 2.23. The monoisotopic (exact) mass is 419 g/mol. The van der Waals surface area contributed by atoms with Crippen molar-refractivity contribution in [2.24, 2.45) is 5.92 Å². The standard InChI is InChI=1S/C23H37N3O4/c1-6-29-23(28)21-17(4)22(24-18(21)5)20(27)14-25-9-7-19(8-10-25)13-26-11-15(2)30-16(3)12-26/h15-16,19,24H,6-14H2,1-5H3. The molecular formula is C23H37N3O4. The summed E-state index contributed by atoms with van der Waals surface area (Å²) in [6.07, 6.45) is 2.84. The molecule has 3 heterocycles. The second-order valence-electron chi connectivity index (χ2n) is 8.96. The Morgan fingerprint density at radius 1 is 1.10 bits per heavy atom. The van der Waals surface area contributed by atoms with Crippen molar-refractivity contribution in [2.45, 2.75) is 59.7 Å². The fraction of sp³-hybridized carbons (Fsp3) is 0.739. The van der Waals surface area contributed by atoms with Crippen molar-refractivity contribution in [1.82, 2.24) is 14.8 Å². The van der Waals surface area contributed by atoms with E-state index in [9.17, 15) is 9.59 Å². The van der Waals surface area contributed by atoms with Gasteiger partial charge in [0.15, 0.2) is 5.78 Å². The molecule has 0 spiro atoms. The van der Waals surface area contributed by atoms with E-state index in [0.29, 0.717) is 53.8 Å². The largest absolute Gasteiger partial charge is 0.462 e. The SMILES string of the molecule is CCOC(=O)c1c(C)[nH]c(C(=O)CN2CCC(CN3CC(C)OC(C)C3)CC2)c1C. The Balaban J connectivity index is 1.51. The van der Waals surface area contributed by atoms with Crippen LogP contribution in [0.3, 0.4) is 0 Å². The highest BCUT2D eigenvalue weighted by Gasteiger charge is 2.28. The Hall–Kier alpha value is -1.70. The molecule has 168 valence electrons. The van der Waals surface area contributed by atoms with Crippen LogP contribution >= 0.6 is 0 Å². The van der Waals surface area contributed by atoms with E-state index in [0.717, 1.165) is 45.6 Å². The summed E-state index contributed by atoms with van der Waals surface area (Å²) in [5.41, 5.74) is 2.42. The van der Waals surface area contributed by atoms with E-state index in [1.165, 1.54) is 0 Å². The minimum Gasteiger partial charge on any atom is -0.462 e. The number of Topliss-reactive ketones (excluding diaryl/α,β-unsaturated/α-hetero) is 1. The summed E-state index contributed by atoms with van der Waals surface area (Å²) in [4.78, 5) is 33.0. The molecule has 2 atom stereocenters. The third kappa shape index (κ3) is 5.50. The fourth-order valence-corrected chi connectivity index (χ4v) is 4.95. The lowest BCUT2D eigenvalue weighted by Crippen LogP contribution is -2.48. The molecular weight excluding hydrogens is 382 g/mol. The summed E-state index contributed by atoms with van der Waals surface area (Å²) >= 11 is 0. The molecule has 0 aliphatic carbocycles. The number of H-pyrrole nitrogens is 1. The Morgan fingerprint density at radius 2 is 1.73 bits per heavy atom. The molecule has 1 aromatic heterocycles. The Bertz CT molecular complexity index is 742. The summed E-state index contributed by atoms with van der Waals surface area (Å²) < 4.78 is 11.0. The molecule has 0 amide bonds. The maximum Gasteiger partial charge on any atom is 0.340 e. The van der Waals surface area contributed by atoms with Crippen molar-refractivity contribution in [3.8, 4) is 0 Å². The van der Waals surface area contributed by atoms with Crippen molar-refractivity contribution in [2.75, 3.05) is 45.9 Å². The van der Waals surface area contributed by atoms with Crippen LogP contribution in [0.5, 0.6) is 0 Å². The zero-order valence-corrected chi connectivity index (χ0v) is 19.1. The maximum absolute atomic E-state index is 12.9. The average molecular weight is 420 g/mol. The number of carbonyl (C=O) groups is 2. The Morgan fingerprint density at radius 3 is 2.33 bits per heavy atom. The third-order valence-electron chi connectivity index (χ3n) is 6.28. The lowest BCUT2D eigenvalue weighted by atomic mass is 9.95. The molecule has 7 heteroatoms. The minimum atomic E-state index is -0.365. The molecule has 1 N–H and O–H groups in total. The average Bonchev–Trinajstić information content (AvgIpc) is 2.97. The summed E-state index contributed by atoms with van der Waals surface area (Å²) in [5.74, 6) is 0.356. The van der Waals surface area contributed by atoms with E-state index < -0.39 is 0 Å². The fourth-order valence-electron chi connectivity index (χ4n) is 4.95. The molecule has 0 bridgehead atoms. The molecule has 0 aromatic carbocycles. The van der Waals surface area contributed by atoms with Crippen LogP contribution in [-0.4, -0.2) is 84.6 Å². The topological polar surface area (TPSA) is 74.9 Å². The molecule has 7 nitrogen and oxygen atoms in total. The van der Waals surface area contributed by atoms with E-state index in [2.05, 4.69) is 28.6 Å². The van der Waals surface area contributed by atoms with Crippen molar-refractivity contribution >= 4 is 11.8 Å². The van der Waals surface area contributed by atoms with E-state index >= 15 is 0 Å². The van der Waals surface area contributed by atoms with Crippen LogP contribution in [0.25, 0.3) is 0 Å². The molecule has 0 saturated carbocycles. The van der Waals surface area contributed by atoms with Gasteiger partial charge < -0.3 is 14.5 Å². The Kier molecular flexibility index (Phi) is 7.71. The van der Waals surface area contributed by atoms with Crippen LogP contribution in [0.1, 0.15) is 65.7 Å². The summed E-state index contributed by atoms with van der Waals surface area (Å²) in [6.45, 7) is 15.4. The van der Waals surface area contributed by atoms with Crippen molar-refractivity contribution in [3.63, 3.8) is 0 Å². The number of esters is 1. The Labute approximate surface area is 180 Å². The van der Waals surface area contributed by atoms with Gasteiger partial charge in [0.1, 0.15) is 0 Å². The first-order chi connectivity index (χ1) is 14.3. The molecule has 1 aromatic rings. The zero-order valence-electron chi connectivity index (χ0n) is 19.1. The number of morpholine rings is 1. The molecule has 2 fully saturated rings. The predicted octanol–water partition coefficient (Wildman–Crippen LogP) is 2.81. The quantitative estimate of drug-likeness (QED) is 0.541. The first kappa shape index (κ1) is 23.0. The van der Waals surface area contributed by atoms with Gasteiger partial charge in [0.2, 0.25) is 0 Å². The molecule has 30 heavy (non-hydrogen) atoms. The number of ether oxygens (including phenoxy) is 2. The van der Waals surface area contributed by atoms with Gasteiger partial charge in [-0.3, -0.25) is 14.6 Å². The van der Waals surface area contributed by atoms with Crippen LogP contribution in [0, 0.1) is 19.8 Å². The maximum atomic E-state index is 12.9. The number of aromatic nitrogens is 1. The minimum absolute atomic E-state index is 0.0421. The lowest BCUT2D eigenvalue weighted by molar-refractivity contribution is -0.0731. The number of nitrogens with zero attached hydrogens (tertiary/aromatic N) is 2. The molecule has 2 unspecified atom stereocenters. The predicted molar refractivity (Wildman–Crippen MR) is 116 cm³/mol. The van der Waals surface area contributed by atoms with Gasteiger partial charge >= 0.3 is 5.97 Å². The smallest absolute Gasteiger partial charge is 0.340 e. The highest BCUT2D eigenvalue weighted by molar-refractivity contribution is 6.02. The van der Waals surface area contributed by atoms with Gasteiger partial charge in [0.05, 0.1) is 36.6 Å². The van der Waals surface area contributed by atoms with Gasteiger partial charge in [0.25, 0.3) is 0 Å². The summed E-state index contributed by atoms with van der Waals surface area (Å²) in [7, 11) is 0. The van der Waals surface area contributed by atoms with E-state index in [4.69, 9.17) is 9.47 Å². The first-order valence-corrected chi connectivity index (χ1v) is 11.3. The number of piperidine rings is 1. The first-order valence-electron chi connectivity index (χ1n) is 11.3. The van der Waals surface area contributed by atoms with E-state index in [-0.39, 0.29) is 11.8 Å². The van der Waals surface area contributed by atoms with Crippen molar-refractivity contribution < 1.29 is 19.1 Å². The van der Waals surface area contributed by atoms with Gasteiger partial charge in [-0.25, -0.2) is 4.79 Å². The highest BCUT2D eigenvalue weighted by atomic mass is 16.5. The zero-order chi connectivity index (χ0) is 21.8. The summed E-state index contributed by atoms with van der Waals surface area (Å²) in [5, 5.41) is 0. The number of aromatic amines is 1. The van der Waals surface area contributed by atoms with Gasteiger partial charge in [0, 0.05) is 25.3 Å². The number of hydrogen-bond acceptors (Lipinski definition) is 6. The van der Waals surface area contributed by atoms with Crippen molar-refractivity contribution in [3.05, 3.63) is 22.5 Å². The molecule has 2 aliphatic rings. The van der Waals surface area contributed by atoms with Crippen LogP contribution < -0.4 is 0 Å². The number of hydrogen-bond donors (Lipinski definition) is 1. The number of rotatable bonds is 7. The third-order valence-corrected chi connectivity index (χ3v) is 6.28. The van der Waals surface area contributed by atoms with Crippen molar-refractivity contribution in [1.29, 1.82) is 0 Å². The summed E-state index contributed by atoms with van der Waals surface area (Å²) in [6, 6.07) is 0. The second-order valence-corrected chi connectivity index (χ2v) is 8.96. The lowest BCUT2D eigenvalue weighted by Gasteiger charge is -2.39. The molecule has 2 saturated heterocycles. The van der Waals surface area contributed by atoms with Gasteiger partial charge in [-0.05, 0) is 72.0 Å². The number of aryl methyl sites for hydroxylation is 1. The van der Waals surface area contributed by atoms with E-state index in [1.807, 2.05) is 13.8 Å². The van der Waals surface area contributed by atoms with Gasteiger partial charge in [-0.1, -0.05) is 0 Å². The number of likely N-dealkylation sites (tertiary alicyclic amines) is 1. The van der Waals surface area contributed by atoms with Gasteiger partial charge in [-0.15, -0.1) is 0 Å². The van der Waals surface area contributed by atoms with Crippen LogP contribution in [0.15, 0.2) is 0 Å². The second kappa shape index (κ2) is 10.1. The normalized spacial score (nSPS) is 24.2.